The number of ether oxygens (including phenoxy) is 1. The van der Waals surface area contributed by atoms with Crippen LogP contribution in [0.25, 0.3) is 0 Å². The van der Waals surface area contributed by atoms with Gasteiger partial charge in [-0.2, -0.15) is 0 Å². The third-order valence-corrected chi connectivity index (χ3v) is 2.46. The molecule has 0 radical (unpaired) electrons. The van der Waals surface area contributed by atoms with Crippen molar-refractivity contribution in [3.05, 3.63) is 11.3 Å². The Hall–Kier alpha value is -1.72. The van der Waals surface area contributed by atoms with E-state index in [4.69, 9.17) is 10.5 Å². The van der Waals surface area contributed by atoms with Gasteiger partial charge in [-0.05, 0) is 6.42 Å². The van der Waals surface area contributed by atoms with Crippen LogP contribution in [0.15, 0.2) is 6.07 Å². The second-order valence-electron chi connectivity index (χ2n) is 3.82. The van der Waals surface area contributed by atoms with Crippen molar-refractivity contribution in [3.63, 3.8) is 0 Å². The van der Waals surface area contributed by atoms with Crippen LogP contribution in [0, 0.1) is 5.21 Å². The van der Waals surface area contributed by atoms with Crippen LogP contribution < -0.4 is 20.5 Å². The number of nitrogen functional groups attached to an aromatic ring is 1. The van der Waals surface area contributed by atoms with Crippen molar-refractivity contribution in [1.29, 1.82) is 0 Å². The van der Waals surface area contributed by atoms with E-state index in [-0.39, 0.29) is 5.95 Å². The zero-order valence-corrected chi connectivity index (χ0v) is 10.4. The van der Waals surface area contributed by atoms with Crippen molar-refractivity contribution >= 4 is 11.8 Å². The molecule has 1 aromatic heterocycles. The fraction of sp³-hybridized carbons (Fsp3) is 0.636. The van der Waals surface area contributed by atoms with Gasteiger partial charge in [-0.1, -0.05) is 31.2 Å². The first-order valence-corrected chi connectivity index (χ1v) is 5.87. The standard InChI is InChI=1S/C11H20N4O2/c1-3-4-5-6-7-13-9-8-10(17-2)14-11(12)15(9)16/h8,13H,3-7H2,1-2H3,(H2,12,14). The normalized spacial score (nSPS) is 10.2. The number of nitrogens with zero attached hydrogens (tertiary/aromatic N) is 2. The van der Waals surface area contributed by atoms with E-state index in [2.05, 4.69) is 17.2 Å². The lowest BCUT2D eigenvalue weighted by molar-refractivity contribution is -0.577. The lowest BCUT2D eigenvalue weighted by Gasteiger charge is -2.13. The molecule has 0 aromatic carbocycles. The van der Waals surface area contributed by atoms with Gasteiger partial charge in [-0.3, -0.25) is 0 Å². The highest BCUT2D eigenvalue weighted by Gasteiger charge is 2.09. The van der Waals surface area contributed by atoms with Crippen molar-refractivity contribution in [2.24, 2.45) is 0 Å². The Morgan fingerprint density at radius 3 is 2.88 bits per heavy atom. The first-order valence-electron chi connectivity index (χ1n) is 5.87. The highest BCUT2D eigenvalue weighted by Crippen LogP contribution is 2.12. The van der Waals surface area contributed by atoms with E-state index in [0.29, 0.717) is 16.4 Å². The second kappa shape index (κ2) is 6.78. The Morgan fingerprint density at radius 2 is 2.24 bits per heavy atom. The monoisotopic (exact) mass is 240 g/mol. The topological polar surface area (TPSA) is 87.1 Å². The molecule has 3 N–H and O–H groups in total. The maximum atomic E-state index is 11.6. The smallest absolute Gasteiger partial charge is 0.347 e. The Bertz CT molecular complexity index is 358. The molecule has 0 saturated carbocycles. The Labute approximate surface area is 101 Å². The minimum Gasteiger partial charge on any atom is -0.754 e. The Kier molecular flexibility index (Phi) is 5.32. The summed E-state index contributed by atoms with van der Waals surface area (Å²) in [5.74, 6) is 0.608. The van der Waals surface area contributed by atoms with E-state index in [1.165, 1.54) is 20.0 Å². The highest BCUT2D eigenvalue weighted by atomic mass is 16.5. The average Bonchev–Trinajstić information content (AvgIpc) is 2.33. The predicted molar refractivity (Wildman–Crippen MR) is 66.8 cm³/mol. The lowest BCUT2D eigenvalue weighted by Crippen LogP contribution is -2.35. The number of aromatic nitrogens is 2. The van der Waals surface area contributed by atoms with Crippen LogP contribution in [-0.4, -0.2) is 18.6 Å². The molecule has 0 fully saturated rings. The molecule has 0 unspecified atom stereocenters. The number of nitrogens with two attached hydrogens (primary N) is 1. The molecule has 0 aliphatic rings. The summed E-state index contributed by atoms with van der Waals surface area (Å²) in [6, 6.07) is 1.54. The zero-order valence-electron chi connectivity index (χ0n) is 10.4. The summed E-state index contributed by atoms with van der Waals surface area (Å²) in [5, 5.41) is 14.6. The van der Waals surface area contributed by atoms with Gasteiger partial charge in [0.15, 0.2) is 0 Å². The molecule has 1 rings (SSSR count). The molecule has 1 aromatic rings. The Morgan fingerprint density at radius 1 is 1.47 bits per heavy atom. The molecule has 0 bridgehead atoms. The number of hydrogen-bond donors (Lipinski definition) is 2. The fourth-order valence-corrected chi connectivity index (χ4v) is 1.49. The summed E-state index contributed by atoms with van der Waals surface area (Å²) < 4.78 is 5.52. The molecule has 0 aliphatic carbocycles. The van der Waals surface area contributed by atoms with Gasteiger partial charge in [0.05, 0.1) is 13.2 Å². The maximum absolute atomic E-state index is 11.6. The molecule has 0 aliphatic heterocycles. The lowest BCUT2D eigenvalue weighted by atomic mass is 10.2. The number of unbranched alkanes of at least 4 members (excludes halogenated alkanes) is 3. The first-order chi connectivity index (χ1) is 8.19. The van der Waals surface area contributed by atoms with Crippen LogP contribution in [0.4, 0.5) is 11.8 Å². The van der Waals surface area contributed by atoms with Crippen LogP contribution in [-0.2, 0) is 0 Å². The number of anilines is 2. The van der Waals surface area contributed by atoms with Gasteiger partial charge in [0.25, 0.3) is 5.88 Å². The van der Waals surface area contributed by atoms with E-state index in [0.717, 1.165) is 19.4 Å². The van der Waals surface area contributed by atoms with Crippen molar-refractivity contribution in [2.75, 3.05) is 24.7 Å². The van der Waals surface area contributed by atoms with Crippen molar-refractivity contribution in [1.82, 2.24) is 4.98 Å². The van der Waals surface area contributed by atoms with Crippen LogP contribution in [0.1, 0.15) is 32.6 Å². The zero-order chi connectivity index (χ0) is 12.7. The van der Waals surface area contributed by atoms with Gasteiger partial charge >= 0.3 is 5.95 Å². The highest BCUT2D eigenvalue weighted by molar-refractivity contribution is 5.36. The SMILES string of the molecule is CCCCCCNc1cc(OC)nc(N)[n+]1[O-]. The molecule has 0 spiro atoms. The van der Waals surface area contributed by atoms with Crippen LogP contribution in [0.2, 0.25) is 0 Å². The van der Waals surface area contributed by atoms with E-state index >= 15 is 0 Å². The molecule has 0 amide bonds. The van der Waals surface area contributed by atoms with Crippen molar-refractivity contribution < 1.29 is 9.47 Å². The summed E-state index contributed by atoms with van der Waals surface area (Å²) in [7, 11) is 1.49. The van der Waals surface area contributed by atoms with Gasteiger partial charge in [0.2, 0.25) is 5.82 Å². The van der Waals surface area contributed by atoms with E-state index < -0.39 is 0 Å². The molecular formula is C11H20N4O2. The maximum Gasteiger partial charge on any atom is 0.347 e. The van der Waals surface area contributed by atoms with Gasteiger partial charge in [-0.25, -0.2) is 4.73 Å². The van der Waals surface area contributed by atoms with Crippen molar-refractivity contribution in [2.45, 2.75) is 32.6 Å². The third-order valence-electron chi connectivity index (χ3n) is 2.46. The summed E-state index contributed by atoms with van der Waals surface area (Å²) in [6.07, 6.45) is 4.58. The largest absolute Gasteiger partial charge is 0.754 e. The molecule has 6 heteroatoms. The summed E-state index contributed by atoms with van der Waals surface area (Å²) >= 11 is 0. The van der Waals surface area contributed by atoms with Crippen LogP contribution >= 0.6 is 0 Å². The minimum absolute atomic E-state index is 0.111. The van der Waals surface area contributed by atoms with Crippen LogP contribution in [0.3, 0.4) is 0 Å². The van der Waals surface area contributed by atoms with E-state index in [1.54, 1.807) is 6.07 Å². The fourth-order valence-electron chi connectivity index (χ4n) is 1.49. The summed E-state index contributed by atoms with van der Waals surface area (Å²) in [5.41, 5.74) is 5.47. The minimum atomic E-state index is -0.111. The Balaban J connectivity index is 2.54. The number of rotatable bonds is 7. The molecule has 6 nitrogen and oxygen atoms in total. The molecular weight excluding hydrogens is 220 g/mol. The van der Waals surface area contributed by atoms with Gasteiger partial charge in [0, 0.05) is 6.54 Å². The van der Waals surface area contributed by atoms with E-state index in [1.807, 2.05) is 0 Å². The number of methoxy groups -OCH3 is 1. The third kappa shape index (κ3) is 3.97. The van der Waals surface area contributed by atoms with Crippen LogP contribution in [0.5, 0.6) is 5.88 Å². The summed E-state index contributed by atoms with van der Waals surface area (Å²) in [6.45, 7) is 2.91. The average molecular weight is 240 g/mol. The van der Waals surface area contributed by atoms with Crippen molar-refractivity contribution in [3.8, 4) is 5.88 Å². The molecule has 0 saturated heterocycles. The van der Waals surface area contributed by atoms with E-state index in [9.17, 15) is 5.21 Å². The van der Waals surface area contributed by atoms with Gasteiger partial charge in [0.1, 0.15) is 0 Å². The van der Waals surface area contributed by atoms with Gasteiger partial charge < -0.3 is 21.0 Å². The number of nitrogens with one attached hydrogen (secondary N) is 1. The van der Waals surface area contributed by atoms with Gasteiger partial charge in [-0.15, -0.1) is 0 Å². The number of hydrogen-bond acceptors (Lipinski definition) is 5. The molecule has 0 atom stereocenters. The summed E-state index contributed by atoms with van der Waals surface area (Å²) in [4.78, 5) is 3.78. The first kappa shape index (κ1) is 13.3. The molecule has 96 valence electrons. The quantitative estimate of drug-likeness (QED) is 0.426. The molecule has 1 heterocycles. The second-order valence-corrected chi connectivity index (χ2v) is 3.82. The predicted octanol–water partition coefficient (Wildman–Crippen LogP) is 1.30. The molecule has 17 heavy (non-hydrogen) atoms.